The number of ether oxygens (including phenoxy) is 1. The third kappa shape index (κ3) is 6.75. The Morgan fingerprint density at radius 2 is 1.90 bits per heavy atom. The first kappa shape index (κ1) is 18.4. The lowest BCUT2D eigenvalue weighted by atomic mass is 10.1. The molecule has 0 saturated carbocycles. The van der Waals surface area contributed by atoms with Crippen LogP contribution in [0.15, 0.2) is 24.3 Å². The average molecular weight is 310 g/mol. The third-order valence-electron chi connectivity index (χ3n) is 3.52. The van der Waals surface area contributed by atoms with Crippen LogP contribution in [0, 0.1) is 0 Å². The van der Waals surface area contributed by atoms with Gasteiger partial charge in [-0.1, -0.05) is 45.9 Å². The Morgan fingerprint density at radius 1 is 1.14 bits per heavy atom. The first-order valence-corrected chi connectivity index (χ1v) is 9.34. The van der Waals surface area contributed by atoms with Crippen molar-refractivity contribution in [2.24, 2.45) is 0 Å². The maximum atomic E-state index is 5.93. The number of rotatable bonds is 11. The van der Waals surface area contributed by atoms with Crippen molar-refractivity contribution in [1.29, 1.82) is 0 Å². The largest absolute Gasteiger partial charge is 0.493 e. The van der Waals surface area contributed by atoms with Crippen LogP contribution in [0.2, 0.25) is 0 Å². The van der Waals surface area contributed by atoms with Crippen molar-refractivity contribution >= 4 is 11.8 Å². The molecule has 3 heteroatoms. The lowest BCUT2D eigenvalue weighted by Gasteiger charge is -2.23. The average Bonchev–Trinajstić information content (AvgIpc) is 2.53. The van der Waals surface area contributed by atoms with Crippen molar-refractivity contribution in [2.45, 2.75) is 58.2 Å². The molecule has 1 N–H and O–H groups in total. The lowest BCUT2D eigenvalue weighted by molar-refractivity contribution is 0.311. The summed E-state index contributed by atoms with van der Waals surface area (Å²) >= 11 is 2.04. The molecule has 1 aromatic rings. The van der Waals surface area contributed by atoms with E-state index >= 15 is 0 Å². The van der Waals surface area contributed by atoms with Gasteiger partial charge >= 0.3 is 0 Å². The van der Waals surface area contributed by atoms with Crippen LogP contribution in [-0.2, 0) is 0 Å². The molecule has 1 rings (SSSR count). The monoisotopic (exact) mass is 309 g/mol. The van der Waals surface area contributed by atoms with Crippen LogP contribution in [0.25, 0.3) is 0 Å². The molecule has 2 nitrogen and oxygen atoms in total. The highest BCUT2D eigenvalue weighted by atomic mass is 32.2. The maximum absolute atomic E-state index is 5.93. The summed E-state index contributed by atoms with van der Waals surface area (Å²) in [5, 5.41) is 4.39. The number of para-hydroxylation sites is 1. The van der Waals surface area contributed by atoms with Gasteiger partial charge < -0.3 is 10.1 Å². The van der Waals surface area contributed by atoms with Crippen LogP contribution in [0.1, 0.15) is 58.6 Å². The van der Waals surface area contributed by atoms with Gasteiger partial charge in [0.1, 0.15) is 5.75 Å². The summed E-state index contributed by atoms with van der Waals surface area (Å²) in [6.07, 6.45) is 3.42. The Labute approximate surface area is 135 Å². The Hall–Kier alpha value is -0.670. The molecule has 0 aliphatic rings. The predicted octanol–water partition coefficient (Wildman–Crippen LogP) is 5.05. The summed E-state index contributed by atoms with van der Waals surface area (Å²) in [6.45, 7) is 10.8. The normalized spacial score (nSPS) is 13.9. The van der Waals surface area contributed by atoms with Crippen LogP contribution in [-0.4, -0.2) is 24.2 Å². The van der Waals surface area contributed by atoms with E-state index in [1.807, 2.05) is 11.8 Å². The number of benzene rings is 1. The van der Waals surface area contributed by atoms with Crippen LogP contribution >= 0.6 is 11.8 Å². The molecule has 0 saturated heterocycles. The van der Waals surface area contributed by atoms with Crippen LogP contribution in [0.3, 0.4) is 0 Å². The fraction of sp³-hybridized carbons (Fsp3) is 0.667. The number of nitrogens with one attached hydrogen (secondary N) is 1. The highest BCUT2D eigenvalue weighted by Crippen LogP contribution is 2.29. The van der Waals surface area contributed by atoms with E-state index in [-0.39, 0.29) is 0 Å². The Bertz CT molecular complexity index is 383. The molecule has 0 aromatic heterocycles. The van der Waals surface area contributed by atoms with Crippen molar-refractivity contribution in [3.63, 3.8) is 0 Å². The van der Waals surface area contributed by atoms with E-state index in [1.54, 1.807) is 0 Å². The van der Waals surface area contributed by atoms with Crippen LogP contribution in [0.5, 0.6) is 5.75 Å². The van der Waals surface area contributed by atoms with Gasteiger partial charge in [0.2, 0.25) is 0 Å². The third-order valence-corrected chi connectivity index (χ3v) is 4.95. The molecular formula is C18H31NOS. The molecule has 120 valence electrons. The summed E-state index contributed by atoms with van der Waals surface area (Å²) in [7, 11) is 0. The summed E-state index contributed by atoms with van der Waals surface area (Å²) in [4.78, 5) is 0. The fourth-order valence-corrected chi connectivity index (χ4v) is 3.12. The quantitative estimate of drug-likeness (QED) is 0.618. The van der Waals surface area contributed by atoms with Crippen molar-refractivity contribution in [2.75, 3.05) is 18.9 Å². The molecule has 0 aliphatic heterocycles. The number of hydrogen-bond acceptors (Lipinski definition) is 3. The molecule has 2 unspecified atom stereocenters. The smallest absolute Gasteiger partial charge is 0.124 e. The first-order valence-electron chi connectivity index (χ1n) is 8.29. The Balaban J connectivity index is 2.80. The minimum Gasteiger partial charge on any atom is -0.493 e. The lowest BCUT2D eigenvalue weighted by Crippen LogP contribution is -2.25. The summed E-state index contributed by atoms with van der Waals surface area (Å²) in [5.41, 5.74) is 1.30. The van der Waals surface area contributed by atoms with Gasteiger partial charge in [0.15, 0.2) is 0 Å². The number of thioether (sulfide) groups is 1. The topological polar surface area (TPSA) is 21.3 Å². The molecular weight excluding hydrogens is 278 g/mol. The fourth-order valence-electron chi connectivity index (χ4n) is 2.07. The molecule has 1 aromatic carbocycles. The summed E-state index contributed by atoms with van der Waals surface area (Å²) in [5.74, 6) is 2.14. The van der Waals surface area contributed by atoms with Gasteiger partial charge in [-0.3, -0.25) is 0 Å². The van der Waals surface area contributed by atoms with Gasteiger partial charge in [0.25, 0.3) is 0 Å². The standard InChI is InChI=1S/C18H31NOS/c1-5-12-19-17(14-21-15(4)7-3)16-10-8-9-11-18(16)20-13-6-2/h8-11,15,17,19H,5-7,12-14H2,1-4H3. The molecule has 0 aliphatic carbocycles. The van der Waals surface area contributed by atoms with Gasteiger partial charge in [-0.15, -0.1) is 0 Å². The van der Waals surface area contributed by atoms with E-state index in [9.17, 15) is 0 Å². The molecule has 0 bridgehead atoms. The molecule has 0 heterocycles. The second kappa shape index (κ2) is 11.0. The molecule has 0 radical (unpaired) electrons. The Kier molecular flexibility index (Phi) is 9.60. The zero-order chi connectivity index (χ0) is 15.5. The van der Waals surface area contributed by atoms with Crippen LogP contribution < -0.4 is 10.1 Å². The van der Waals surface area contributed by atoms with E-state index in [1.165, 1.54) is 12.0 Å². The second-order valence-electron chi connectivity index (χ2n) is 5.45. The van der Waals surface area contributed by atoms with Gasteiger partial charge in [-0.25, -0.2) is 0 Å². The minimum absolute atomic E-state index is 0.372. The predicted molar refractivity (Wildman–Crippen MR) is 95.5 cm³/mol. The van der Waals surface area contributed by atoms with Gasteiger partial charge in [-0.05, 0) is 31.9 Å². The highest BCUT2D eigenvalue weighted by Gasteiger charge is 2.16. The van der Waals surface area contributed by atoms with E-state index in [2.05, 4.69) is 57.3 Å². The molecule has 21 heavy (non-hydrogen) atoms. The highest BCUT2D eigenvalue weighted by molar-refractivity contribution is 7.99. The van der Waals surface area contributed by atoms with Crippen molar-refractivity contribution in [3.8, 4) is 5.75 Å². The van der Waals surface area contributed by atoms with Crippen molar-refractivity contribution in [3.05, 3.63) is 29.8 Å². The molecule has 0 fully saturated rings. The Morgan fingerprint density at radius 3 is 2.57 bits per heavy atom. The van der Waals surface area contributed by atoms with E-state index in [0.717, 1.165) is 37.5 Å². The van der Waals surface area contributed by atoms with Crippen molar-refractivity contribution in [1.82, 2.24) is 5.32 Å². The van der Waals surface area contributed by atoms with E-state index in [4.69, 9.17) is 4.74 Å². The van der Waals surface area contributed by atoms with Crippen molar-refractivity contribution < 1.29 is 4.74 Å². The van der Waals surface area contributed by atoms with Gasteiger partial charge in [0, 0.05) is 22.6 Å². The second-order valence-corrected chi connectivity index (χ2v) is 6.92. The maximum Gasteiger partial charge on any atom is 0.124 e. The van der Waals surface area contributed by atoms with Gasteiger partial charge in [-0.2, -0.15) is 11.8 Å². The first-order chi connectivity index (χ1) is 10.2. The molecule has 2 atom stereocenters. The van der Waals surface area contributed by atoms with Gasteiger partial charge in [0.05, 0.1) is 6.61 Å². The zero-order valence-electron chi connectivity index (χ0n) is 14.0. The summed E-state index contributed by atoms with van der Waals surface area (Å²) in [6, 6.07) is 8.85. The minimum atomic E-state index is 0.372. The number of hydrogen-bond donors (Lipinski definition) is 1. The molecule has 0 amide bonds. The van der Waals surface area contributed by atoms with E-state index in [0.29, 0.717) is 11.3 Å². The summed E-state index contributed by atoms with van der Waals surface area (Å²) < 4.78 is 5.93. The SMILES string of the molecule is CCCNC(CSC(C)CC)c1ccccc1OCCC. The molecule has 0 spiro atoms. The van der Waals surface area contributed by atoms with Crippen LogP contribution in [0.4, 0.5) is 0 Å². The van der Waals surface area contributed by atoms with E-state index < -0.39 is 0 Å². The zero-order valence-corrected chi connectivity index (χ0v) is 14.8.